The Kier molecular flexibility index (Phi) is 4.42. The summed E-state index contributed by atoms with van der Waals surface area (Å²) in [5, 5.41) is 6.84. The van der Waals surface area contributed by atoms with Crippen molar-refractivity contribution in [2.45, 2.75) is 44.6 Å². The SMILES string of the molecule is Cn1ncc(C(=O)N2CCCC3CCCCC32)c1-c1cccc2ccccc12. The van der Waals surface area contributed by atoms with Gasteiger partial charge in [0.15, 0.2) is 0 Å². The summed E-state index contributed by atoms with van der Waals surface area (Å²) in [6.07, 6.45) is 9.16. The molecule has 2 aromatic carbocycles. The van der Waals surface area contributed by atoms with Crippen LogP contribution in [-0.2, 0) is 7.05 Å². The van der Waals surface area contributed by atoms with E-state index in [-0.39, 0.29) is 5.91 Å². The Bertz CT molecular complexity index is 1010. The second-order valence-corrected chi connectivity index (χ2v) is 8.31. The molecule has 0 bridgehead atoms. The maximum atomic E-state index is 13.7. The lowest BCUT2D eigenvalue weighted by Crippen LogP contribution is -2.49. The molecule has 144 valence electrons. The molecule has 3 aromatic rings. The van der Waals surface area contributed by atoms with Crippen molar-refractivity contribution in [1.29, 1.82) is 0 Å². The minimum Gasteiger partial charge on any atom is -0.335 e. The molecule has 2 aliphatic rings. The van der Waals surface area contributed by atoms with Gasteiger partial charge in [-0.05, 0) is 42.4 Å². The first kappa shape index (κ1) is 17.5. The molecule has 1 saturated heterocycles. The number of benzene rings is 2. The highest BCUT2D eigenvalue weighted by molar-refractivity contribution is 6.05. The summed E-state index contributed by atoms with van der Waals surface area (Å²) in [5.41, 5.74) is 2.75. The van der Waals surface area contributed by atoms with Gasteiger partial charge in [-0.3, -0.25) is 9.48 Å². The second kappa shape index (κ2) is 7.08. The highest BCUT2D eigenvalue weighted by atomic mass is 16.2. The van der Waals surface area contributed by atoms with Crippen molar-refractivity contribution in [2.75, 3.05) is 6.54 Å². The van der Waals surface area contributed by atoms with Gasteiger partial charge in [0.2, 0.25) is 0 Å². The van der Waals surface area contributed by atoms with E-state index in [1.165, 1.54) is 31.1 Å². The fraction of sp³-hybridized carbons (Fsp3) is 0.417. The lowest BCUT2D eigenvalue weighted by atomic mass is 9.78. The summed E-state index contributed by atoms with van der Waals surface area (Å²) in [6, 6.07) is 15.1. The van der Waals surface area contributed by atoms with Crippen LogP contribution >= 0.6 is 0 Å². The summed E-state index contributed by atoms with van der Waals surface area (Å²) >= 11 is 0. The van der Waals surface area contributed by atoms with Crippen LogP contribution in [0.3, 0.4) is 0 Å². The zero-order valence-corrected chi connectivity index (χ0v) is 16.5. The minimum absolute atomic E-state index is 0.160. The van der Waals surface area contributed by atoms with E-state index in [0.29, 0.717) is 12.0 Å². The lowest BCUT2D eigenvalue weighted by molar-refractivity contribution is 0.0391. The van der Waals surface area contributed by atoms with E-state index < -0.39 is 0 Å². The Balaban J connectivity index is 1.58. The molecule has 1 amide bonds. The maximum absolute atomic E-state index is 13.7. The summed E-state index contributed by atoms with van der Waals surface area (Å²) in [5.74, 6) is 0.844. The van der Waals surface area contributed by atoms with Crippen molar-refractivity contribution in [3.8, 4) is 11.3 Å². The Hall–Kier alpha value is -2.62. The maximum Gasteiger partial charge on any atom is 0.257 e. The lowest BCUT2D eigenvalue weighted by Gasteiger charge is -2.44. The van der Waals surface area contributed by atoms with Crippen molar-refractivity contribution < 1.29 is 4.79 Å². The molecule has 1 aliphatic heterocycles. The van der Waals surface area contributed by atoms with Gasteiger partial charge in [0.05, 0.1) is 17.5 Å². The third-order valence-electron chi connectivity index (χ3n) is 6.72. The zero-order chi connectivity index (χ0) is 19.1. The number of aromatic nitrogens is 2. The fourth-order valence-electron chi connectivity index (χ4n) is 5.38. The number of rotatable bonds is 2. The topological polar surface area (TPSA) is 38.1 Å². The molecule has 0 radical (unpaired) electrons. The Morgan fingerprint density at radius 2 is 1.79 bits per heavy atom. The van der Waals surface area contributed by atoms with Crippen LogP contribution in [0.4, 0.5) is 0 Å². The minimum atomic E-state index is 0.160. The second-order valence-electron chi connectivity index (χ2n) is 8.31. The molecule has 4 heteroatoms. The van der Waals surface area contributed by atoms with E-state index in [9.17, 15) is 4.79 Å². The highest BCUT2D eigenvalue weighted by Crippen LogP contribution is 2.37. The van der Waals surface area contributed by atoms with E-state index in [0.717, 1.165) is 41.6 Å². The van der Waals surface area contributed by atoms with Crippen LogP contribution in [0.15, 0.2) is 48.7 Å². The number of fused-ring (bicyclic) bond motifs is 2. The number of aryl methyl sites for hydroxylation is 1. The number of hydrogen-bond donors (Lipinski definition) is 0. The molecule has 2 fully saturated rings. The number of carbonyl (C=O) groups is 1. The first-order valence-corrected chi connectivity index (χ1v) is 10.5. The van der Waals surface area contributed by atoms with Gasteiger partial charge < -0.3 is 4.90 Å². The van der Waals surface area contributed by atoms with Gasteiger partial charge in [0.25, 0.3) is 5.91 Å². The number of amides is 1. The van der Waals surface area contributed by atoms with Crippen LogP contribution in [0.5, 0.6) is 0 Å². The molecule has 4 nitrogen and oxygen atoms in total. The van der Waals surface area contributed by atoms with Crippen molar-refractivity contribution in [2.24, 2.45) is 13.0 Å². The van der Waals surface area contributed by atoms with E-state index in [4.69, 9.17) is 0 Å². The van der Waals surface area contributed by atoms with Crippen LogP contribution in [-0.4, -0.2) is 33.2 Å². The molecule has 0 spiro atoms. The Labute approximate surface area is 166 Å². The summed E-state index contributed by atoms with van der Waals surface area (Å²) in [6.45, 7) is 0.879. The predicted molar refractivity (Wildman–Crippen MR) is 112 cm³/mol. The number of piperidine rings is 1. The highest BCUT2D eigenvalue weighted by Gasteiger charge is 2.37. The average molecular weight is 374 g/mol. The first-order chi connectivity index (χ1) is 13.7. The monoisotopic (exact) mass is 373 g/mol. The molecule has 5 rings (SSSR count). The number of carbonyl (C=O) groups excluding carboxylic acids is 1. The summed E-state index contributed by atoms with van der Waals surface area (Å²) in [4.78, 5) is 15.8. The molecular weight excluding hydrogens is 346 g/mol. The normalized spacial score (nSPS) is 22.2. The van der Waals surface area contributed by atoms with Gasteiger partial charge in [0, 0.05) is 25.2 Å². The molecule has 0 N–H and O–H groups in total. The number of hydrogen-bond acceptors (Lipinski definition) is 2. The largest absolute Gasteiger partial charge is 0.335 e. The average Bonchev–Trinajstić information content (AvgIpc) is 3.13. The van der Waals surface area contributed by atoms with Crippen LogP contribution in [0.25, 0.3) is 22.0 Å². The van der Waals surface area contributed by atoms with Crippen molar-refractivity contribution in [3.63, 3.8) is 0 Å². The Morgan fingerprint density at radius 1 is 1.00 bits per heavy atom. The van der Waals surface area contributed by atoms with Crippen LogP contribution in [0.1, 0.15) is 48.9 Å². The number of likely N-dealkylation sites (tertiary alicyclic amines) is 1. The molecule has 1 aliphatic carbocycles. The molecule has 2 unspecified atom stereocenters. The van der Waals surface area contributed by atoms with Crippen molar-refractivity contribution >= 4 is 16.7 Å². The van der Waals surface area contributed by atoms with E-state index in [1.807, 2.05) is 11.7 Å². The number of nitrogens with zero attached hydrogens (tertiary/aromatic N) is 3. The molecule has 2 atom stereocenters. The van der Waals surface area contributed by atoms with Crippen molar-refractivity contribution in [3.05, 3.63) is 54.2 Å². The summed E-state index contributed by atoms with van der Waals surface area (Å²) in [7, 11) is 1.94. The third kappa shape index (κ3) is 2.83. The van der Waals surface area contributed by atoms with Crippen molar-refractivity contribution in [1.82, 2.24) is 14.7 Å². The fourth-order valence-corrected chi connectivity index (χ4v) is 5.38. The van der Waals surface area contributed by atoms with E-state index in [1.54, 1.807) is 6.20 Å². The quantitative estimate of drug-likeness (QED) is 0.631. The Morgan fingerprint density at radius 3 is 2.71 bits per heavy atom. The van der Waals surface area contributed by atoms with Crippen LogP contribution in [0, 0.1) is 5.92 Å². The van der Waals surface area contributed by atoms with E-state index in [2.05, 4.69) is 52.5 Å². The standard InChI is InChI=1S/C24H27N3O/c1-26-23(20-13-6-10-17-8-2-4-12-19(17)20)21(16-25-26)24(28)27-15-7-11-18-9-3-5-14-22(18)27/h2,4,6,8,10,12-13,16,18,22H,3,5,7,9,11,14-15H2,1H3. The molecule has 1 saturated carbocycles. The molecule has 1 aromatic heterocycles. The van der Waals surface area contributed by atoms with Crippen LogP contribution in [0.2, 0.25) is 0 Å². The zero-order valence-electron chi connectivity index (χ0n) is 16.5. The van der Waals surface area contributed by atoms with Gasteiger partial charge in [-0.1, -0.05) is 55.3 Å². The summed E-state index contributed by atoms with van der Waals surface area (Å²) < 4.78 is 1.86. The van der Waals surface area contributed by atoms with Gasteiger partial charge in [-0.25, -0.2) is 0 Å². The van der Waals surface area contributed by atoms with Gasteiger partial charge in [-0.2, -0.15) is 5.10 Å². The van der Waals surface area contributed by atoms with Gasteiger partial charge in [0.1, 0.15) is 0 Å². The molecular formula is C24H27N3O. The van der Waals surface area contributed by atoms with Gasteiger partial charge in [-0.15, -0.1) is 0 Å². The molecule has 2 heterocycles. The van der Waals surface area contributed by atoms with E-state index >= 15 is 0 Å². The van der Waals surface area contributed by atoms with Crippen LogP contribution < -0.4 is 0 Å². The smallest absolute Gasteiger partial charge is 0.257 e. The molecule has 28 heavy (non-hydrogen) atoms. The van der Waals surface area contributed by atoms with Gasteiger partial charge >= 0.3 is 0 Å². The third-order valence-corrected chi connectivity index (χ3v) is 6.72. The first-order valence-electron chi connectivity index (χ1n) is 10.5. The predicted octanol–water partition coefficient (Wildman–Crippen LogP) is 5.04.